The Morgan fingerprint density at radius 2 is 2.28 bits per heavy atom. The Balaban J connectivity index is 1.76. The zero-order chi connectivity index (χ0) is 13.0. The van der Waals surface area contributed by atoms with Crippen LogP contribution in [0.2, 0.25) is 0 Å². The fraction of sp³-hybridized carbons (Fsp3) is 0.571. The van der Waals surface area contributed by atoms with Crippen molar-refractivity contribution < 1.29 is 0 Å². The number of thioether (sulfide) groups is 1. The third kappa shape index (κ3) is 4.33. The average Bonchev–Trinajstić information content (AvgIpc) is 2.73. The lowest BCUT2D eigenvalue weighted by Gasteiger charge is -2.21. The minimum Gasteiger partial charge on any atom is -0.361 e. The Labute approximate surface area is 113 Å². The van der Waals surface area contributed by atoms with Crippen molar-refractivity contribution in [2.75, 3.05) is 6.54 Å². The van der Waals surface area contributed by atoms with Gasteiger partial charge < -0.3 is 5.32 Å². The SMILES string of the molecule is CC(C)(C)CC1CN=C(NCc2cccnc2)S1. The van der Waals surface area contributed by atoms with Crippen molar-refractivity contribution in [3.05, 3.63) is 30.1 Å². The Morgan fingerprint density at radius 3 is 2.94 bits per heavy atom. The van der Waals surface area contributed by atoms with E-state index in [2.05, 4.69) is 42.1 Å². The molecule has 98 valence electrons. The van der Waals surface area contributed by atoms with Crippen molar-refractivity contribution in [3.8, 4) is 0 Å². The Hall–Kier alpha value is -1.03. The summed E-state index contributed by atoms with van der Waals surface area (Å²) in [5.74, 6) is 0. The molecule has 0 spiro atoms. The van der Waals surface area contributed by atoms with Gasteiger partial charge >= 0.3 is 0 Å². The summed E-state index contributed by atoms with van der Waals surface area (Å²) >= 11 is 1.88. The molecule has 1 unspecified atom stereocenters. The zero-order valence-corrected chi connectivity index (χ0v) is 12.1. The number of aliphatic imine (C=N–C) groups is 1. The summed E-state index contributed by atoms with van der Waals surface area (Å²) in [5, 5.41) is 5.09. The minimum atomic E-state index is 0.381. The Morgan fingerprint density at radius 1 is 1.44 bits per heavy atom. The molecule has 4 heteroatoms. The molecule has 0 aromatic carbocycles. The zero-order valence-electron chi connectivity index (χ0n) is 11.3. The molecule has 3 nitrogen and oxygen atoms in total. The van der Waals surface area contributed by atoms with Gasteiger partial charge in [-0.3, -0.25) is 9.98 Å². The second kappa shape index (κ2) is 5.74. The van der Waals surface area contributed by atoms with Gasteiger partial charge in [-0.05, 0) is 23.5 Å². The van der Waals surface area contributed by atoms with Crippen LogP contribution in [0.4, 0.5) is 0 Å². The third-order valence-corrected chi connectivity index (χ3v) is 3.87. The van der Waals surface area contributed by atoms with E-state index in [1.807, 2.05) is 24.0 Å². The van der Waals surface area contributed by atoms with Gasteiger partial charge in [0.1, 0.15) is 0 Å². The van der Waals surface area contributed by atoms with Crippen LogP contribution in [0.1, 0.15) is 32.8 Å². The average molecular weight is 263 g/mol. The van der Waals surface area contributed by atoms with E-state index in [0.29, 0.717) is 10.7 Å². The van der Waals surface area contributed by atoms with E-state index < -0.39 is 0 Å². The number of hydrogen-bond donors (Lipinski definition) is 1. The van der Waals surface area contributed by atoms with Crippen LogP contribution in [-0.4, -0.2) is 21.9 Å². The topological polar surface area (TPSA) is 37.3 Å². The van der Waals surface area contributed by atoms with E-state index >= 15 is 0 Å². The maximum absolute atomic E-state index is 4.56. The van der Waals surface area contributed by atoms with Gasteiger partial charge in [0.15, 0.2) is 5.17 Å². The fourth-order valence-electron chi connectivity index (χ4n) is 1.98. The molecule has 0 amide bonds. The van der Waals surface area contributed by atoms with Crippen LogP contribution in [-0.2, 0) is 6.54 Å². The first-order valence-electron chi connectivity index (χ1n) is 6.37. The molecule has 1 aliphatic rings. The molecular weight excluding hydrogens is 242 g/mol. The summed E-state index contributed by atoms with van der Waals surface area (Å²) in [4.78, 5) is 8.67. The summed E-state index contributed by atoms with van der Waals surface area (Å²) in [6, 6.07) is 4.04. The van der Waals surface area contributed by atoms with Gasteiger partial charge in [-0.1, -0.05) is 38.6 Å². The highest BCUT2D eigenvalue weighted by Crippen LogP contribution is 2.31. The maximum Gasteiger partial charge on any atom is 0.157 e. The van der Waals surface area contributed by atoms with Crippen LogP contribution in [0.3, 0.4) is 0 Å². The first-order chi connectivity index (χ1) is 8.53. The van der Waals surface area contributed by atoms with Crippen molar-refractivity contribution in [1.29, 1.82) is 0 Å². The molecule has 1 aliphatic heterocycles. The summed E-state index contributed by atoms with van der Waals surface area (Å²) in [6.07, 6.45) is 4.89. The lowest BCUT2D eigenvalue weighted by molar-refractivity contribution is 0.375. The van der Waals surface area contributed by atoms with E-state index in [9.17, 15) is 0 Å². The standard InChI is InChI=1S/C14H21N3S/c1-14(2,3)7-12-10-17-13(18-12)16-9-11-5-4-6-15-8-11/h4-6,8,12H,7,9-10H2,1-3H3,(H,16,17). The lowest BCUT2D eigenvalue weighted by Crippen LogP contribution is -2.20. The number of pyridine rings is 1. The molecule has 0 bridgehead atoms. The molecule has 0 radical (unpaired) electrons. The smallest absolute Gasteiger partial charge is 0.157 e. The highest BCUT2D eigenvalue weighted by molar-refractivity contribution is 8.14. The van der Waals surface area contributed by atoms with Gasteiger partial charge in [0.25, 0.3) is 0 Å². The van der Waals surface area contributed by atoms with Gasteiger partial charge in [0.05, 0.1) is 6.54 Å². The summed E-state index contributed by atoms with van der Waals surface area (Å²) in [5.41, 5.74) is 1.58. The van der Waals surface area contributed by atoms with Crippen molar-refractivity contribution in [2.24, 2.45) is 10.4 Å². The highest BCUT2D eigenvalue weighted by Gasteiger charge is 2.24. The van der Waals surface area contributed by atoms with Gasteiger partial charge in [-0.25, -0.2) is 0 Å². The van der Waals surface area contributed by atoms with Crippen molar-refractivity contribution in [2.45, 2.75) is 39.0 Å². The van der Waals surface area contributed by atoms with Crippen molar-refractivity contribution in [1.82, 2.24) is 10.3 Å². The van der Waals surface area contributed by atoms with Crippen LogP contribution in [0, 0.1) is 5.41 Å². The number of amidine groups is 1. The molecule has 0 saturated carbocycles. The molecule has 1 N–H and O–H groups in total. The fourth-order valence-corrected chi connectivity index (χ4v) is 3.34. The minimum absolute atomic E-state index is 0.381. The van der Waals surface area contributed by atoms with E-state index in [0.717, 1.165) is 18.3 Å². The van der Waals surface area contributed by atoms with Gasteiger partial charge in [-0.15, -0.1) is 0 Å². The summed E-state index contributed by atoms with van der Waals surface area (Å²) in [6.45, 7) is 8.61. The van der Waals surface area contributed by atoms with Crippen molar-refractivity contribution >= 4 is 16.9 Å². The largest absolute Gasteiger partial charge is 0.361 e. The molecule has 0 fully saturated rings. The molecule has 2 heterocycles. The number of rotatable bonds is 3. The van der Waals surface area contributed by atoms with E-state index in [1.165, 1.54) is 12.0 Å². The molecule has 0 saturated heterocycles. The third-order valence-electron chi connectivity index (χ3n) is 2.72. The summed E-state index contributed by atoms with van der Waals surface area (Å²) < 4.78 is 0. The summed E-state index contributed by atoms with van der Waals surface area (Å²) in [7, 11) is 0. The van der Waals surface area contributed by atoms with Crippen LogP contribution in [0.5, 0.6) is 0 Å². The molecule has 1 aromatic rings. The van der Waals surface area contributed by atoms with E-state index in [1.54, 1.807) is 6.20 Å². The van der Waals surface area contributed by atoms with Crippen LogP contribution in [0.15, 0.2) is 29.5 Å². The predicted molar refractivity (Wildman–Crippen MR) is 78.8 cm³/mol. The van der Waals surface area contributed by atoms with E-state index in [-0.39, 0.29) is 0 Å². The molecular formula is C14H21N3S. The quantitative estimate of drug-likeness (QED) is 0.910. The maximum atomic E-state index is 4.56. The normalized spacial score (nSPS) is 19.7. The monoisotopic (exact) mass is 263 g/mol. The van der Waals surface area contributed by atoms with Gasteiger partial charge in [0, 0.05) is 24.2 Å². The lowest BCUT2D eigenvalue weighted by atomic mass is 9.90. The second-order valence-corrected chi connectivity index (χ2v) is 7.15. The first kappa shape index (κ1) is 13.4. The number of nitrogens with zero attached hydrogens (tertiary/aromatic N) is 2. The second-order valence-electron chi connectivity index (χ2n) is 5.87. The molecule has 0 aliphatic carbocycles. The molecule has 2 rings (SSSR count). The van der Waals surface area contributed by atoms with Crippen LogP contribution < -0.4 is 5.32 Å². The molecule has 18 heavy (non-hydrogen) atoms. The Bertz CT molecular complexity index is 409. The number of nitrogens with one attached hydrogen (secondary N) is 1. The first-order valence-corrected chi connectivity index (χ1v) is 7.25. The van der Waals surface area contributed by atoms with Gasteiger partial charge in [0.2, 0.25) is 0 Å². The van der Waals surface area contributed by atoms with Gasteiger partial charge in [-0.2, -0.15) is 0 Å². The molecule has 1 atom stereocenters. The predicted octanol–water partition coefficient (Wildman–Crippen LogP) is 3.08. The van der Waals surface area contributed by atoms with Crippen molar-refractivity contribution in [3.63, 3.8) is 0 Å². The number of aromatic nitrogens is 1. The highest BCUT2D eigenvalue weighted by atomic mass is 32.2. The van der Waals surface area contributed by atoms with Crippen LogP contribution >= 0.6 is 11.8 Å². The van der Waals surface area contributed by atoms with E-state index in [4.69, 9.17) is 0 Å². The number of hydrogen-bond acceptors (Lipinski definition) is 4. The molecule has 1 aromatic heterocycles. The van der Waals surface area contributed by atoms with Crippen LogP contribution in [0.25, 0.3) is 0 Å². The Kier molecular flexibility index (Phi) is 4.27.